The highest BCUT2D eigenvalue weighted by molar-refractivity contribution is 5.95. The van der Waals surface area contributed by atoms with Crippen LogP contribution in [0, 0.1) is 0 Å². The molecule has 2 heterocycles. The van der Waals surface area contributed by atoms with E-state index < -0.39 is 12.0 Å². The van der Waals surface area contributed by atoms with Crippen LogP contribution in [0.25, 0.3) is 5.57 Å². The van der Waals surface area contributed by atoms with Crippen molar-refractivity contribution in [2.45, 2.75) is 19.4 Å². The van der Waals surface area contributed by atoms with Gasteiger partial charge in [-0.25, -0.2) is 9.59 Å². The van der Waals surface area contributed by atoms with E-state index in [1.165, 1.54) is 11.1 Å². The maximum atomic E-state index is 13.0. The van der Waals surface area contributed by atoms with E-state index >= 15 is 0 Å². The largest absolute Gasteiger partial charge is 0.496 e. The number of urea groups is 1. The molecule has 2 aliphatic heterocycles. The molecule has 4 rings (SSSR count). The molecule has 0 spiro atoms. The van der Waals surface area contributed by atoms with Crippen LogP contribution < -0.4 is 15.4 Å². The van der Waals surface area contributed by atoms with Gasteiger partial charge in [0.25, 0.3) is 0 Å². The Morgan fingerprint density at radius 1 is 1.12 bits per heavy atom. The van der Waals surface area contributed by atoms with Gasteiger partial charge in [-0.2, -0.15) is 0 Å². The van der Waals surface area contributed by atoms with Crippen LogP contribution in [0.3, 0.4) is 0 Å². The van der Waals surface area contributed by atoms with Crippen LogP contribution in [0.5, 0.6) is 5.75 Å². The predicted molar refractivity (Wildman–Crippen MR) is 127 cm³/mol. The third kappa shape index (κ3) is 5.09. The number of methoxy groups -OCH3 is 1. The molecule has 0 aromatic heterocycles. The van der Waals surface area contributed by atoms with Crippen molar-refractivity contribution in [3.05, 3.63) is 83.1 Å². The zero-order valence-electron chi connectivity index (χ0n) is 19.0. The van der Waals surface area contributed by atoms with Crippen LogP contribution in [0.2, 0.25) is 0 Å². The molecule has 2 N–H and O–H groups in total. The van der Waals surface area contributed by atoms with Gasteiger partial charge in [0.15, 0.2) is 0 Å². The number of rotatable bonds is 7. The van der Waals surface area contributed by atoms with Crippen LogP contribution in [0.4, 0.5) is 4.79 Å². The van der Waals surface area contributed by atoms with Crippen LogP contribution in [0.1, 0.15) is 30.5 Å². The average molecular weight is 448 g/mol. The van der Waals surface area contributed by atoms with Crippen molar-refractivity contribution in [3.63, 3.8) is 0 Å². The second-order valence-corrected chi connectivity index (χ2v) is 7.97. The van der Waals surface area contributed by atoms with Gasteiger partial charge < -0.3 is 20.1 Å². The van der Waals surface area contributed by atoms with Crippen molar-refractivity contribution >= 4 is 17.6 Å². The van der Waals surface area contributed by atoms with E-state index in [0.29, 0.717) is 29.1 Å². The van der Waals surface area contributed by atoms with E-state index in [0.717, 1.165) is 19.5 Å². The molecular formula is C26H29N3O4. The van der Waals surface area contributed by atoms with E-state index in [2.05, 4.69) is 33.7 Å². The molecule has 172 valence electrons. The maximum absolute atomic E-state index is 13.0. The highest BCUT2D eigenvalue weighted by Crippen LogP contribution is 2.34. The average Bonchev–Trinajstić information content (AvgIpc) is 2.84. The van der Waals surface area contributed by atoms with Gasteiger partial charge in [0.1, 0.15) is 5.75 Å². The Bertz CT molecular complexity index is 1080. The molecule has 0 bridgehead atoms. The van der Waals surface area contributed by atoms with E-state index in [9.17, 15) is 9.59 Å². The predicted octanol–water partition coefficient (Wildman–Crippen LogP) is 3.66. The number of nitrogens with zero attached hydrogens (tertiary/aromatic N) is 1. The fraction of sp³-hybridized carbons (Fsp3) is 0.308. The summed E-state index contributed by atoms with van der Waals surface area (Å²) in [5.74, 6) is 0.146. The third-order valence-corrected chi connectivity index (χ3v) is 5.92. The van der Waals surface area contributed by atoms with Gasteiger partial charge in [-0.15, -0.1) is 0 Å². The molecule has 33 heavy (non-hydrogen) atoms. The Kier molecular flexibility index (Phi) is 7.10. The zero-order valence-corrected chi connectivity index (χ0v) is 19.0. The van der Waals surface area contributed by atoms with Gasteiger partial charge in [0, 0.05) is 30.9 Å². The first-order valence-corrected chi connectivity index (χ1v) is 11.2. The SMILES string of the molecule is CCOC(=O)C1=C(CN2CC=C(c3ccccc3)CC2)NC(=O)NC1c1ccccc1OC. The first-order valence-electron chi connectivity index (χ1n) is 11.2. The molecule has 2 aliphatic rings. The monoisotopic (exact) mass is 447 g/mol. The fourth-order valence-electron chi connectivity index (χ4n) is 4.32. The zero-order chi connectivity index (χ0) is 23.2. The molecule has 0 fully saturated rings. The highest BCUT2D eigenvalue weighted by atomic mass is 16.5. The molecule has 0 saturated heterocycles. The summed E-state index contributed by atoms with van der Waals surface area (Å²) in [7, 11) is 1.57. The summed E-state index contributed by atoms with van der Waals surface area (Å²) in [6, 6.07) is 16.7. The number of benzene rings is 2. The lowest BCUT2D eigenvalue weighted by Crippen LogP contribution is -2.49. The van der Waals surface area contributed by atoms with Crippen molar-refractivity contribution in [2.75, 3.05) is 33.4 Å². The van der Waals surface area contributed by atoms with Gasteiger partial charge in [-0.05, 0) is 30.5 Å². The molecule has 7 nitrogen and oxygen atoms in total. The second kappa shape index (κ2) is 10.4. The van der Waals surface area contributed by atoms with Gasteiger partial charge in [0.05, 0.1) is 25.3 Å². The van der Waals surface area contributed by atoms with Crippen molar-refractivity contribution in [3.8, 4) is 5.75 Å². The lowest BCUT2D eigenvalue weighted by molar-refractivity contribution is -0.139. The minimum absolute atomic E-state index is 0.245. The lowest BCUT2D eigenvalue weighted by atomic mass is 9.93. The van der Waals surface area contributed by atoms with Crippen LogP contribution >= 0.6 is 0 Å². The third-order valence-electron chi connectivity index (χ3n) is 5.92. The summed E-state index contributed by atoms with van der Waals surface area (Å²) in [6.07, 6.45) is 3.11. The summed E-state index contributed by atoms with van der Waals surface area (Å²) in [6.45, 7) is 4.00. The van der Waals surface area contributed by atoms with Gasteiger partial charge in [-0.1, -0.05) is 54.6 Å². The molecule has 2 aromatic rings. The van der Waals surface area contributed by atoms with Gasteiger partial charge in [0.2, 0.25) is 0 Å². The minimum atomic E-state index is -0.663. The molecule has 2 aromatic carbocycles. The van der Waals surface area contributed by atoms with Gasteiger partial charge >= 0.3 is 12.0 Å². The van der Waals surface area contributed by atoms with Crippen LogP contribution in [0.15, 0.2) is 71.9 Å². The van der Waals surface area contributed by atoms with Crippen molar-refractivity contribution in [1.82, 2.24) is 15.5 Å². The number of nitrogens with one attached hydrogen (secondary N) is 2. The first kappa shape index (κ1) is 22.6. The van der Waals surface area contributed by atoms with Crippen molar-refractivity contribution in [1.29, 1.82) is 0 Å². The lowest BCUT2D eigenvalue weighted by Gasteiger charge is -2.33. The van der Waals surface area contributed by atoms with E-state index in [1.807, 2.05) is 42.5 Å². The fourth-order valence-corrected chi connectivity index (χ4v) is 4.32. The molecule has 0 aliphatic carbocycles. The number of hydrogen-bond donors (Lipinski definition) is 2. The normalized spacial score (nSPS) is 18.8. The van der Waals surface area contributed by atoms with E-state index in [4.69, 9.17) is 9.47 Å². The second-order valence-electron chi connectivity index (χ2n) is 7.97. The summed E-state index contributed by atoms with van der Waals surface area (Å²) in [5, 5.41) is 5.73. The molecule has 7 heteroatoms. The quantitative estimate of drug-likeness (QED) is 0.634. The minimum Gasteiger partial charge on any atom is -0.496 e. The number of ether oxygens (including phenoxy) is 2. The topological polar surface area (TPSA) is 79.9 Å². The summed E-state index contributed by atoms with van der Waals surface area (Å²) < 4.78 is 10.9. The van der Waals surface area contributed by atoms with E-state index in [-0.39, 0.29) is 12.6 Å². The van der Waals surface area contributed by atoms with Crippen molar-refractivity contribution in [2.24, 2.45) is 0 Å². The summed E-state index contributed by atoms with van der Waals surface area (Å²) >= 11 is 0. The first-order chi connectivity index (χ1) is 16.1. The number of para-hydroxylation sites is 1. The van der Waals surface area contributed by atoms with Crippen LogP contribution in [-0.2, 0) is 9.53 Å². The Labute approximate surface area is 194 Å². The number of carbonyl (C=O) groups is 2. The molecule has 1 unspecified atom stereocenters. The Morgan fingerprint density at radius 2 is 1.88 bits per heavy atom. The van der Waals surface area contributed by atoms with Crippen molar-refractivity contribution < 1.29 is 19.1 Å². The Hall–Kier alpha value is -3.58. The Balaban J connectivity index is 1.64. The summed E-state index contributed by atoms with van der Waals surface area (Å²) in [4.78, 5) is 27.8. The molecular weight excluding hydrogens is 418 g/mol. The van der Waals surface area contributed by atoms with E-state index in [1.54, 1.807) is 14.0 Å². The highest BCUT2D eigenvalue weighted by Gasteiger charge is 2.35. The molecule has 0 saturated carbocycles. The standard InChI is InChI=1S/C26H29N3O4/c1-3-33-25(30)23-21(17-29-15-13-19(14-16-29)18-9-5-4-6-10-18)27-26(31)28-24(23)20-11-7-8-12-22(20)32-2/h4-13,24H,3,14-17H2,1-2H3,(H2,27,28,31). The molecule has 1 atom stereocenters. The number of amides is 2. The molecule has 0 radical (unpaired) electrons. The van der Waals surface area contributed by atoms with Crippen LogP contribution in [-0.4, -0.2) is 50.3 Å². The smallest absolute Gasteiger partial charge is 0.338 e. The number of carbonyl (C=O) groups excluding carboxylic acids is 2. The van der Waals surface area contributed by atoms with Gasteiger partial charge in [-0.3, -0.25) is 4.90 Å². The molecule has 2 amide bonds. The summed E-state index contributed by atoms with van der Waals surface area (Å²) in [5.41, 5.74) is 4.21. The Morgan fingerprint density at radius 3 is 2.58 bits per heavy atom. The maximum Gasteiger partial charge on any atom is 0.338 e. The number of esters is 1. The number of hydrogen-bond acceptors (Lipinski definition) is 5.